The van der Waals surface area contributed by atoms with Crippen LogP contribution in [0.1, 0.15) is 19.3 Å². The Bertz CT molecular complexity index is 540. The lowest BCUT2D eigenvalue weighted by Crippen LogP contribution is -2.31. The zero-order valence-corrected chi connectivity index (χ0v) is 9.93. The number of nitrogens with two attached hydrogens (primary N) is 1. The third-order valence-corrected chi connectivity index (χ3v) is 3.23. The lowest BCUT2D eigenvalue weighted by atomic mass is 10.1. The molecule has 0 amide bonds. The van der Waals surface area contributed by atoms with E-state index in [0.717, 1.165) is 18.6 Å². The number of hydrogen-bond donors (Lipinski definition) is 1. The van der Waals surface area contributed by atoms with Gasteiger partial charge in [0.25, 0.3) is 0 Å². The molecule has 90 valence electrons. The fourth-order valence-corrected chi connectivity index (χ4v) is 2.31. The number of anilines is 2. The van der Waals surface area contributed by atoms with Crippen LogP contribution in [0.4, 0.5) is 11.8 Å². The molecule has 0 saturated carbocycles. The molecule has 2 aromatic heterocycles. The number of piperidine rings is 1. The molecule has 0 unspecified atom stereocenters. The van der Waals surface area contributed by atoms with E-state index in [0.29, 0.717) is 17.4 Å². The number of fused-ring (bicyclic) bond motifs is 1. The van der Waals surface area contributed by atoms with E-state index >= 15 is 0 Å². The summed E-state index contributed by atoms with van der Waals surface area (Å²) in [6, 6.07) is 0. The van der Waals surface area contributed by atoms with E-state index in [2.05, 4.69) is 19.9 Å². The molecule has 1 aliphatic heterocycles. The molecule has 6 nitrogen and oxygen atoms in total. The van der Waals surface area contributed by atoms with Crippen LogP contribution in [-0.2, 0) is 7.05 Å². The van der Waals surface area contributed by atoms with Crippen LogP contribution >= 0.6 is 0 Å². The van der Waals surface area contributed by atoms with E-state index in [-0.39, 0.29) is 0 Å². The molecule has 0 atom stereocenters. The molecule has 2 aromatic rings. The van der Waals surface area contributed by atoms with Gasteiger partial charge in [-0.05, 0) is 19.3 Å². The van der Waals surface area contributed by atoms with Crippen molar-refractivity contribution in [2.24, 2.45) is 7.05 Å². The van der Waals surface area contributed by atoms with Gasteiger partial charge in [-0.25, -0.2) is 4.98 Å². The third kappa shape index (κ3) is 1.69. The van der Waals surface area contributed by atoms with Crippen molar-refractivity contribution in [1.82, 2.24) is 19.5 Å². The minimum absolute atomic E-state index is 0.510. The minimum Gasteiger partial charge on any atom is -0.382 e. The first-order chi connectivity index (χ1) is 8.25. The maximum atomic E-state index is 5.97. The van der Waals surface area contributed by atoms with Gasteiger partial charge in [0.05, 0.1) is 6.33 Å². The smallest absolute Gasteiger partial charge is 0.229 e. The topological polar surface area (TPSA) is 72.9 Å². The lowest BCUT2D eigenvalue weighted by molar-refractivity contribution is 0.569. The van der Waals surface area contributed by atoms with E-state index in [1.54, 1.807) is 6.33 Å². The molecule has 0 aromatic carbocycles. The zero-order valence-electron chi connectivity index (χ0n) is 9.93. The summed E-state index contributed by atoms with van der Waals surface area (Å²) in [6.07, 6.45) is 5.40. The number of nitrogen functional groups attached to an aromatic ring is 1. The summed E-state index contributed by atoms with van der Waals surface area (Å²) in [5.74, 6) is 1.23. The maximum Gasteiger partial charge on any atom is 0.229 e. The fourth-order valence-electron chi connectivity index (χ4n) is 2.31. The van der Waals surface area contributed by atoms with Crippen LogP contribution in [0.5, 0.6) is 0 Å². The molecular weight excluding hydrogens is 216 g/mol. The number of aryl methyl sites for hydroxylation is 1. The standard InChI is InChI=1S/C11H16N6/c1-16-7-13-10-8(16)9(12)14-11(15-10)17-5-3-2-4-6-17/h7H,2-6H2,1H3,(H2,12,14,15). The summed E-state index contributed by atoms with van der Waals surface area (Å²) in [7, 11) is 1.90. The second-order valence-electron chi connectivity index (χ2n) is 4.48. The molecule has 3 heterocycles. The monoisotopic (exact) mass is 232 g/mol. The molecule has 0 spiro atoms. The Kier molecular flexibility index (Phi) is 2.35. The largest absolute Gasteiger partial charge is 0.382 e. The predicted molar refractivity (Wildman–Crippen MR) is 66.8 cm³/mol. The van der Waals surface area contributed by atoms with Crippen molar-refractivity contribution in [2.75, 3.05) is 23.7 Å². The average molecular weight is 232 g/mol. The van der Waals surface area contributed by atoms with E-state index in [1.165, 1.54) is 19.3 Å². The Labute approximate surface area is 99.5 Å². The van der Waals surface area contributed by atoms with E-state index in [1.807, 2.05) is 11.6 Å². The van der Waals surface area contributed by atoms with E-state index in [4.69, 9.17) is 5.73 Å². The average Bonchev–Trinajstić information content (AvgIpc) is 2.73. The number of imidazole rings is 1. The Morgan fingerprint density at radius 2 is 1.94 bits per heavy atom. The van der Waals surface area contributed by atoms with Gasteiger partial charge >= 0.3 is 0 Å². The highest BCUT2D eigenvalue weighted by Gasteiger charge is 2.16. The van der Waals surface area contributed by atoms with Crippen molar-refractivity contribution >= 4 is 22.9 Å². The van der Waals surface area contributed by atoms with Gasteiger partial charge in [-0.15, -0.1) is 0 Å². The zero-order chi connectivity index (χ0) is 11.8. The number of nitrogens with zero attached hydrogens (tertiary/aromatic N) is 5. The molecule has 3 rings (SSSR count). The first kappa shape index (κ1) is 10.3. The van der Waals surface area contributed by atoms with Gasteiger partial charge in [0, 0.05) is 20.1 Å². The molecule has 1 fully saturated rings. The van der Waals surface area contributed by atoms with E-state index < -0.39 is 0 Å². The highest BCUT2D eigenvalue weighted by atomic mass is 15.3. The normalized spacial score (nSPS) is 16.6. The molecule has 1 saturated heterocycles. The first-order valence-corrected chi connectivity index (χ1v) is 5.95. The van der Waals surface area contributed by atoms with Crippen LogP contribution in [-0.4, -0.2) is 32.6 Å². The molecule has 6 heteroatoms. The summed E-state index contributed by atoms with van der Waals surface area (Å²) in [4.78, 5) is 15.3. The number of rotatable bonds is 1. The summed E-state index contributed by atoms with van der Waals surface area (Å²) in [6.45, 7) is 2.02. The second kappa shape index (κ2) is 3.87. The quantitative estimate of drug-likeness (QED) is 0.792. The van der Waals surface area contributed by atoms with E-state index in [9.17, 15) is 0 Å². The van der Waals surface area contributed by atoms with Crippen LogP contribution < -0.4 is 10.6 Å². The van der Waals surface area contributed by atoms with Crippen molar-refractivity contribution < 1.29 is 0 Å². The maximum absolute atomic E-state index is 5.97. The van der Waals surface area contributed by atoms with Gasteiger partial charge in [0.15, 0.2) is 11.5 Å². The van der Waals surface area contributed by atoms with Crippen molar-refractivity contribution in [3.63, 3.8) is 0 Å². The predicted octanol–water partition coefficient (Wildman–Crippen LogP) is 0.936. The van der Waals surface area contributed by atoms with Crippen LogP contribution in [0.3, 0.4) is 0 Å². The molecule has 1 aliphatic rings. The molecule has 0 bridgehead atoms. The summed E-state index contributed by atoms with van der Waals surface area (Å²) >= 11 is 0. The number of hydrogen-bond acceptors (Lipinski definition) is 5. The van der Waals surface area contributed by atoms with Crippen molar-refractivity contribution in [3.8, 4) is 0 Å². The first-order valence-electron chi connectivity index (χ1n) is 5.95. The highest BCUT2D eigenvalue weighted by Crippen LogP contribution is 2.21. The van der Waals surface area contributed by atoms with Gasteiger partial charge in [0.2, 0.25) is 5.95 Å². The van der Waals surface area contributed by atoms with Gasteiger partial charge in [-0.3, -0.25) is 0 Å². The third-order valence-electron chi connectivity index (χ3n) is 3.23. The fraction of sp³-hybridized carbons (Fsp3) is 0.545. The van der Waals surface area contributed by atoms with Crippen LogP contribution in [0.25, 0.3) is 11.2 Å². The van der Waals surface area contributed by atoms with Crippen molar-refractivity contribution in [2.45, 2.75) is 19.3 Å². The van der Waals surface area contributed by atoms with Crippen LogP contribution in [0.2, 0.25) is 0 Å². The Morgan fingerprint density at radius 3 is 2.71 bits per heavy atom. The molecule has 2 N–H and O–H groups in total. The lowest BCUT2D eigenvalue weighted by Gasteiger charge is -2.26. The molecule has 17 heavy (non-hydrogen) atoms. The summed E-state index contributed by atoms with van der Waals surface area (Å²) in [5.41, 5.74) is 7.46. The highest BCUT2D eigenvalue weighted by molar-refractivity contribution is 5.83. The molecular formula is C11H16N6. The number of aromatic nitrogens is 4. The van der Waals surface area contributed by atoms with Crippen LogP contribution in [0.15, 0.2) is 6.33 Å². The van der Waals surface area contributed by atoms with Crippen LogP contribution in [0, 0.1) is 0 Å². The summed E-state index contributed by atoms with van der Waals surface area (Å²) in [5, 5.41) is 0. The molecule has 0 aliphatic carbocycles. The van der Waals surface area contributed by atoms with Gasteiger partial charge in [0.1, 0.15) is 5.52 Å². The SMILES string of the molecule is Cn1cnc2nc(N3CCCCC3)nc(N)c21. The van der Waals surface area contributed by atoms with Gasteiger partial charge in [-0.2, -0.15) is 9.97 Å². The Morgan fingerprint density at radius 1 is 1.18 bits per heavy atom. The molecule has 0 radical (unpaired) electrons. The Balaban J connectivity index is 2.05. The van der Waals surface area contributed by atoms with Crippen molar-refractivity contribution in [3.05, 3.63) is 6.33 Å². The summed E-state index contributed by atoms with van der Waals surface area (Å²) < 4.78 is 1.85. The Hall–Kier alpha value is -1.85. The minimum atomic E-state index is 0.510. The van der Waals surface area contributed by atoms with Crippen molar-refractivity contribution in [1.29, 1.82) is 0 Å². The van der Waals surface area contributed by atoms with Gasteiger partial charge in [-0.1, -0.05) is 0 Å². The van der Waals surface area contributed by atoms with Gasteiger partial charge < -0.3 is 15.2 Å². The second-order valence-corrected chi connectivity index (χ2v) is 4.48.